The SMILES string of the molecule is CNC1(C)CCN(C(=O)c2ccc(C)cc2O)CC1. The minimum atomic E-state index is -0.0735. The summed E-state index contributed by atoms with van der Waals surface area (Å²) in [5.74, 6) is 0.00241. The van der Waals surface area contributed by atoms with Gasteiger partial charge in [0, 0.05) is 18.6 Å². The van der Waals surface area contributed by atoms with E-state index in [0.29, 0.717) is 5.56 Å². The molecule has 4 heteroatoms. The van der Waals surface area contributed by atoms with Crippen LogP contribution in [0.4, 0.5) is 0 Å². The second kappa shape index (κ2) is 5.21. The van der Waals surface area contributed by atoms with Gasteiger partial charge in [0.1, 0.15) is 5.75 Å². The van der Waals surface area contributed by atoms with Gasteiger partial charge in [0.15, 0.2) is 0 Å². The minimum absolute atomic E-state index is 0.0735. The van der Waals surface area contributed by atoms with Crippen molar-refractivity contribution in [1.82, 2.24) is 10.2 Å². The van der Waals surface area contributed by atoms with Crippen LogP contribution in [0.1, 0.15) is 35.7 Å². The molecule has 0 aromatic heterocycles. The summed E-state index contributed by atoms with van der Waals surface area (Å²) < 4.78 is 0. The van der Waals surface area contributed by atoms with Crippen LogP contribution in [0.15, 0.2) is 18.2 Å². The van der Waals surface area contributed by atoms with E-state index in [4.69, 9.17) is 0 Å². The number of piperidine rings is 1. The molecule has 19 heavy (non-hydrogen) atoms. The van der Waals surface area contributed by atoms with E-state index in [0.717, 1.165) is 31.5 Å². The van der Waals surface area contributed by atoms with Crippen LogP contribution in [0.3, 0.4) is 0 Å². The molecule has 1 amide bonds. The highest BCUT2D eigenvalue weighted by Crippen LogP contribution is 2.25. The summed E-state index contributed by atoms with van der Waals surface area (Å²) in [5, 5.41) is 13.2. The monoisotopic (exact) mass is 262 g/mol. The van der Waals surface area contributed by atoms with Gasteiger partial charge in [0.2, 0.25) is 0 Å². The van der Waals surface area contributed by atoms with Crippen molar-refractivity contribution in [3.63, 3.8) is 0 Å². The molecule has 0 spiro atoms. The average molecular weight is 262 g/mol. The zero-order chi connectivity index (χ0) is 14.0. The van der Waals surface area contributed by atoms with Crippen LogP contribution in [0, 0.1) is 6.92 Å². The molecule has 1 aliphatic heterocycles. The van der Waals surface area contributed by atoms with E-state index in [9.17, 15) is 9.90 Å². The number of hydrogen-bond acceptors (Lipinski definition) is 3. The van der Waals surface area contributed by atoms with Crippen molar-refractivity contribution in [3.8, 4) is 5.75 Å². The number of carbonyl (C=O) groups is 1. The topological polar surface area (TPSA) is 52.6 Å². The Hall–Kier alpha value is -1.55. The Morgan fingerprint density at radius 1 is 1.37 bits per heavy atom. The van der Waals surface area contributed by atoms with Gasteiger partial charge in [-0.15, -0.1) is 0 Å². The highest BCUT2D eigenvalue weighted by molar-refractivity contribution is 5.97. The van der Waals surface area contributed by atoms with Crippen LogP contribution >= 0.6 is 0 Å². The molecule has 104 valence electrons. The summed E-state index contributed by atoms with van der Waals surface area (Å²) in [4.78, 5) is 14.2. The van der Waals surface area contributed by atoms with Crippen LogP contribution in [0.5, 0.6) is 5.75 Å². The first-order chi connectivity index (χ1) is 8.95. The fourth-order valence-corrected chi connectivity index (χ4v) is 2.45. The Morgan fingerprint density at radius 3 is 2.53 bits per heavy atom. The van der Waals surface area contributed by atoms with E-state index >= 15 is 0 Å². The summed E-state index contributed by atoms with van der Waals surface area (Å²) in [6, 6.07) is 5.20. The molecule has 0 unspecified atom stereocenters. The number of carbonyl (C=O) groups excluding carboxylic acids is 1. The predicted molar refractivity (Wildman–Crippen MR) is 75.4 cm³/mol. The van der Waals surface area contributed by atoms with E-state index in [1.165, 1.54) is 0 Å². The van der Waals surface area contributed by atoms with E-state index in [1.54, 1.807) is 12.1 Å². The Labute approximate surface area is 114 Å². The molecular weight excluding hydrogens is 240 g/mol. The molecule has 1 heterocycles. The van der Waals surface area contributed by atoms with Crippen LogP contribution in [-0.2, 0) is 0 Å². The Balaban J connectivity index is 2.09. The number of amides is 1. The maximum atomic E-state index is 12.4. The number of nitrogens with one attached hydrogen (secondary N) is 1. The molecule has 0 bridgehead atoms. The van der Waals surface area contributed by atoms with Gasteiger partial charge in [0.05, 0.1) is 5.56 Å². The molecule has 1 aromatic carbocycles. The van der Waals surface area contributed by atoms with Crippen molar-refractivity contribution < 1.29 is 9.90 Å². The van der Waals surface area contributed by atoms with Crippen molar-refractivity contribution in [2.24, 2.45) is 0 Å². The Bertz CT molecular complexity index is 477. The lowest BCUT2D eigenvalue weighted by Crippen LogP contribution is -2.51. The van der Waals surface area contributed by atoms with Gasteiger partial charge in [-0.2, -0.15) is 0 Å². The van der Waals surface area contributed by atoms with Crippen molar-refractivity contribution in [1.29, 1.82) is 0 Å². The van der Waals surface area contributed by atoms with Crippen molar-refractivity contribution >= 4 is 5.91 Å². The molecule has 1 aliphatic rings. The lowest BCUT2D eigenvalue weighted by molar-refractivity contribution is 0.0659. The molecule has 0 atom stereocenters. The van der Waals surface area contributed by atoms with Crippen LogP contribution < -0.4 is 5.32 Å². The number of benzene rings is 1. The first-order valence-electron chi connectivity index (χ1n) is 6.73. The third kappa shape index (κ3) is 2.89. The van der Waals surface area contributed by atoms with Gasteiger partial charge in [-0.25, -0.2) is 0 Å². The molecule has 2 N–H and O–H groups in total. The number of phenolic OH excluding ortho intramolecular Hbond substituents is 1. The zero-order valence-electron chi connectivity index (χ0n) is 11.9. The van der Waals surface area contributed by atoms with Gasteiger partial charge in [0.25, 0.3) is 5.91 Å². The molecule has 1 saturated heterocycles. The molecular formula is C15H22N2O2. The standard InChI is InChI=1S/C15H22N2O2/c1-11-4-5-12(13(18)10-11)14(19)17-8-6-15(2,16-3)7-9-17/h4-5,10,16,18H,6-9H2,1-3H3. The number of nitrogens with zero attached hydrogens (tertiary/aromatic N) is 1. The third-order valence-electron chi connectivity index (χ3n) is 4.14. The largest absolute Gasteiger partial charge is 0.507 e. The first kappa shape index (κ1) is 13.9. The molecule has 1 aromatic rings. The van der Waals surface area contributed by atoms with Gasteiger partial charge in [-0.1, -0.05) is 6.07 Å². The lowest BCUT2D eigenvalue weighted by Gasteiger charge is -2.39. The second-order valence-electron chi connectivity index (χ2n) is 5.62. The molecule has 4 nitrogen and oxygen atoms in total. The van der Waals surface area contributed by atoms with Gasteiger partial charge < -0.3 is 15.3 Å². The molecule has 0 radical (unpaired) electrons. The summed E-state index contributed by atoms with van der Waals surface area (Å²) in [6.07, 6.45) is 1.86. The number of aromatic hydroxyl groups is 1. The van der Waals surface area contributed by atoms with Gasteiger partial charge >= 0.3 is 0 Å². The van der Waals surface area contributed by atoms with E-state index in [-0.39, 0.29) is 17.2 Å². The van der Waals surface area contributed by atoms with Gasteiger partial charge in [-0.3, -0.25) is 4.79 Å². The number of aryl methyl sites for hydroxylation is 1. The molecule has 2 rings (SSSR count). The van der Waals surface area contributed by atoms with Crippen molar-refractivity contribution in [2.75, 3.05) is 20.1 Å². The van der Waals surface area contributed by atoms with Gasteiger partial charge in [-0.05, 0) is 51.4 Å². The maximum Gasteiger partial charge on any atom is 0.257 e. The summed E-state index contributed by atoms with van der Waals surface area (Å²) in [6.45, 7) is 5.53. The van der Waals surface area contributed by atoms with Crippen molar-refractivity contribution in [2.45, 2.75) is 32.2 Å². The highest BCUT2D eigenvalue weighted by atomic mass is 16.3. The van der Waals surface area contributed by atoms with E-state index < -0.39 is 0 Å². The third-order valence-corrected chi connectivity index (χ3v) is 4.14. The van der Waals surface area contributed by atoms with E-state index in [1.807, 2.05) is 24.9 Å². The zero-order valence-corrected chi connectivity index (χ0v) is 11.9. The summed E-state index contributed by atoms with van der Waals surface area (Å²) >= 11 is 0. The Kier molecular flexibility index (Phi) is 3.80. The number of rotatable bonds is 2. The predicted octanol–water partition coefficient (Wildman–Crippen LogP) is 1.91. The quantitative estimate of drug-likeness (QED) is 0.856. The highest BCUT2D eigenvalue weighted by Gasteiger charge is 2.31. The number of phenols is 1. The molecule has 1 fully saturated rings. The summed E-state index contributed by atoms with van der Waals surface area (Å²) in [7, 11) is 1.96. The van der Waals surface area contributed by atoms with Crippen LogP contribution in [0.2, 0.25) is 0 Å². The Morgan fingerprint density at radius 2 is 2.00 bits per heavy atom. The maximum absolute atomic E-state index is 12.4. The molecule has 0 saturated carbocycles. The number of hydrogen-bond donors (Lipinski definition) is 2. The number of likely N-dealkylation sites (tertiary alicyclic amines) is 1. The lowest BCUT2D eigenvalue weighted by atomic mass is 9.89. The fraction of sp³-hybridized carbons (Fsp3) is 0.533. The van der Waals surface area contributed by atoms with Crippen LogP contribution in [-0.4, -0.2) is 41.6 Å². The summed E-state index contributed by atoms with van der Waals surface area (Å²) in [5.41, 5.74) is 1.47. The first-order valence-corrected chi connectivity index (χ1v) is 6.73. The fourth-order valence-electron chi connectivity index (χ4n) is 2.45. The average Bonchev–Trinajstić information content (AvgIpc) is 2.39. The van der Waals surface area contributed by atoms with Crippen LogP contribution in [0.25, 0.3) is 0 Å². The second-order valence-corrected chi connectivity index (χ2v) is 5.62. The molecule has 0 aliphatic carbocycles. The van der Waals surface area contributed by atoms with Crippen molar-refractivity contribution in [3.05, 3.63) is 29.3 Å². The van der Waals surface area contributed by atoms with E-state index in [2.05, 4.69) is 12.2 Å². The minimum Gasteiger partial charge on any atom is -0.507 e. The smallest absolute Gasteiger partial charge is 0.257 e. The normalized spacial score (nSPS) is 18.4.